The topological polar surface area (TPSA) is 66.4 Å². The molecule has 5 heteroatoms. The Bertz CT molecular complexity index is 503. The summed E-state index contributed by atoms with van der Waals surface area (Å²) < 4.78 is 1.01. The molecule has 102 valence electrons. The molecule has 1 aromatic carbocycles. The second kappa shape index (κ2) is 5.74. The molecular formula is C14H16BrNO3. The van der Waals surface area contributed by atoms with Crippen molar-refractivity contribution < 1.29 is 14.7 Å². The summed E-state index contributed by atoms with van der Waals surface area (Å²) in [7, 11) is 0. The third-order valence-electron chi connectivity index (χ3n) is 3.41. The first-order valence-corrected chi connectivity index (χ1v) is 7.04. The average Bonchev–Trinajstić information content (AvgIpc) is 3.15. The highest BCUT2D eigenvalue weighted by Crippen LogP contribution is 2.47. The molecule has 0 heterocycles. The third-order valence-corrected chi connectivity index (χ3v) is 3.90. The Hall–Kier alpha value is -1.36. The summed E-state index contributed by atoms with van der Waals surface area (Å²) in [5, 5.41) is 11.5. The molecule has 0 bridgehead atoms. The Kier molecular flexibility index (Phi) is 4.24. The van der Waals surface area contributed by atoms with Crippen LogP contribution in [-0.4, -0.2) is 23.5 Å². The van der Waals surface area contributed by atoms with Gasteiger partial charge in [0.1, 0.15) is 0 Å². The Balaban J connectivity index is 1.85. The van der Waals surface area contributed by atoms with Gasteiger partial charge in [-0.05, 0) is 30.0 Å². The van der Waals surface area contributed by atoms with Gasteiger partial charge in [0.25, 0.3) is 0 Å². The predicted molar refractivity (Wildman–Crippen MR) is 74.8 cm³/mol. The van der Waals surface area contributed by atoms with Crippen LogP contribution in [0.5, 0.6) is 0 Å². The van der Waals surface area contributed by atoms with Crippen LogP contribution in [-0.2, 0) is 9.59 Å². The number of aliphatic carboxylic acids is 1. The lowest BCUT2D eigenvalue weighted by Crippen LogP contribution is -2.32. The van der Waals surface area contributed by atoms with Gasteiger partial charge in [-0.25, -0.2) is 0 Å². The minimum absolute atomic E-state index is 0.0182. The summed E-state index contributed by atoms with van der Waals surface area (Å²) >= 11 is 3.42. The third kappa shape index (κ3) is 3.56. The normalized spacial score (nSPS) is 22.6. The molecule has 0 spiro atoms. The number of carboxylic acids is 1. The van der Waals surface area contributed by atoms with Gasteiger partial charge in [-0.2, -0.15) is 0 Å². The standard InChI is InChI=1S/C14H16BrNO3/c1-8(14(18)19)7-16-13(17)12-6-11(12)9-3-2-4-10(15)5-9/h2-5,8,11-12H,6-7H2,1H3,(H,16,17)(H,18,19). The number of carboxylic acid groups (broad SMARTS) is 1. The number of carbonyl (C=O) groups excluding carboxylic acids is 1. The van der Waals surface area contributed by atoms with Gasteiger partial charge < -0.3 is 10.4 Å². The molecule has 1 aromatic rings. The number of amides is 1. The highest BCUT2D eigenvalue weighted by molar-refractivity contribution is 9.10. The zero-order chi connectivity index (χ0) is 14.0. The number of halogens is 1. The zero-order valence-corrected chi connectivity index (χ0v) is 12.2. The van der Waals surface area contributed by atoms with E-state index in [1.54, 1.807) is 6.92 Å². The maximum atomic E-state index is 11.9. The summed E-state index contributed by atoms with van der Waals surface area (Å²) in [6, 6.07) is 7.95. The van der Waals surface area contributed by atoms with Crippen LogP contribution in [0.3, 0.4) is 0 Å². The molecule has 1 aliphatic carbocycles. The fourth-order valence-corrected chi connectivity index (χ4v) is 2.48. The SMILES string of the molecule is CC(CNC(=O)C1CC1c1cccc(Br)c1)C(=O)O. The van der Waals surface area contributed by atoms with Crippen LogP contribution in [0.2, 0.25) is 0 Å². The smallest absolute Gasteiger partial charge is 0.308 e. The highest BCUT2D eigenvalue weighted by atomic mass is 79.9. The van der Waals surface area contributed by atoms with E-state index in [0.717, 1.165) is 16.5 Å². The Morgan fingerprint density at radius 3 is 2.89 bits per heavy atom. The molecule has 2 N–H and O–H groups in total. The fourth-order valence-electron chi connectivity index (χ4n) is 2.06. The summed E-state index contributed by atoms with van der Waals surface area (Å²) in [4.78, 5) is 22.5. The number of hydrogen-bond donors (Lipinski definition) is 2. The first kappa shape index (κ1) is 14.1. The van der Waals surface area contributed by atoms with Gasteiger partial charge in [0.05, 0.1) is 5.92 Å². The Labute approximate surface area is 120 Å². The Morgan fingerprint density at radius 1 is 1.53 bits per heavy atom. The second-order valence-corrected chi connectivity index (χ2v) is 5.90. The van der Waals surface area contributed by atoms with Crippen LogP contribution >= 0.6 is 15.9 Å². The van der Waals surface area contributed by atoms with Gasteiger partial charge in [-0.3, -0.25) is 9.59 Å². The lowest BCUT2D eigenvalue weighted by molar-refractivity contribution is -0.141. The molecule has 0 aromatic heterocycles. The van der Waals surface area contributed by atoms with Gasteiger partial charge in [0.2, 0.25) is 5.91 Å². The molecule has 0 aliphatic heterocycles. The van der Waals surface area contributed by atoms with Crippen LogP contribution in [0.1, 0.15) is 24.8 Å². The van der Waals surface area contributed by atoms with Crippen molar-refractivity contribution in [3.63, 3.8) is 0 Å². The van der Waals surface area contributed by atoms with Crippen molar-refractivity contribution >= 4 is 27.8 Å². The Morgan fingerprint density at radius 2 is 2.26 bits per heavy atom. The van der Waals surface area contributed by atoms with Crippen LogP contribution in [0.25, 0.3) is 0 Å². The van der Waals surface area contributed by atoms with Gasteiger partial charge in [-0.15, -0.1) is 0 Å². The van der Waals surface area contributed by atoms with Crippen molar-refractivity contribution in [1.82, 2.24) is 5.32 Å². The van der Waals surface area contributed by atoms with E-state index in [-0.39, 0.29) is 24.3 Å². The first-order chi connectivity index (χ1) is 8.99. The number of hydrogen-bond acceptors (Lipinski definition) is 2. The largest absolute Gasteiger partial charge is 0.481 e. The van der Waals surface area contributed by atoms with Crippen LogP contribution in [0.4, 0.5) is 0 Å². The van der Waals surface area contributed by atoms with E-state index >= 15 is 0 Å². The number of nitrogens with one attached hydrogen (secondary N) is 1. The zero-order valence-electron chi connectivity index (χ0n) is 10.6. The molecule has 0 saturated heterocycles. The van der Waals surface area contributed by atoms with E-state index in [1.165, 1.54) is 0 Å². The van der Waals surface area contributed by atoms with Gasteiger partial charge >= 0.3 is 5.97 Å². The molecule has 0 radical (unpaired) electrons. The summed E-state index contributed by atoms with van der Waals surface area (Å²) in [5.74, 6) is -1.24. The van der Waals surface area contributed by atoms with Crippen LogP contribution < -0.4 is 5.32 Å². The number of rotatable bonds is 5. The minimum atomic E-state index is -0.889. The van der Waals surface area contributed by atoms with Gasteiger partial charge in [0, 0.05) is 16.9 Å². The van der Waals surface area contributed by atoms with E-state index in [4.69, 9.17) is 5.11 Å². The molecule has 3 atom stereocenters. The number of carbonyl (C=O) groups is 2. The van der Waals surface area contributed by atoms with Gasteiger partial charge in [-0.1, -0.05) is 35.0 Å². The second-order valence-electron chi connectivity index (χ2n) is 4.99. The maximum Gasteiger partial charge on any atom is 0.308 e. The summed E-state index contributed by atoms with van der Waals surface area (Å²) in [6.45, 7) is 1.77. The maximum absolute atomic E-state index is 11.9. The van der Waals surface area contributed by atoms with Crippen LogP contribution in [0, 0.1) is 11.8 Å². The monoisotopic (exact) mass is 325 g/mol. The molecule has 3 unspecified atom stereocenters. The van der Waals surface area contributed by atoms with Crippen molar-refractivity contribution in [2.75, 3.05) is 6.54 Å². The minimum Gasteiger partial charge on any atom is -0.481 e. The highest BCUT2D eigenvalue weighted by Gasteiger charge is 2.43. The van der Waals surface area contributed by atoms with Gasteiger partial charge in [0.15, 0.2) is 0 Å². The molecule has 19 heavy (non-hydrogen) atoms. The van der Waals surface area contributed by atoms with Crippen molar-refractivity contribution in [1.29, 1.82) is 0 Å². The number of benzene rings is 1. The molecular weight excluding hydrogens is 310 g/mol. The van der Waals surface area contributed by atoms with E-state index in [1.807, 2.05) is 24.3 Å². The lowest BCUT2D eigenvalue weighted by Gasteiger charge is -2.08. The van der Waals surface area contributed by atoms with E-state index in [0.29, 0.717) is 0 Å². The van der Waals surface area contributed by atoms with Crippen molar-refractivity contribution in [3.8, 4) is 0 Å². The molecule has 1 aliphatic rings. The quantitative estimate of drug-likeness (QED) is 0.873. The van der Waals surface area contributed by atoms with Crippen molar-refractivity contribution in [2.24, 2.45) is 11.8 Å². The summed E-state index contributed by atoms with van der Waals surface area (Å²) in [5.41, 5.74) is 1.15. The van der Waals surface area contributed by atoms with E-state index in [9.17, 15) is 9.59 Å². The summed E-state index contributed by atoms with van der Waals surface area (Å²) in [6.07, 6.45) is 0.837. The molecule has 1 amide bonds. The predicted octanol–water partition coefficient (Wildman–Crippen LogP) is 2.39. The molecule has 4 nitrogen and oxygen atoms in total. The molecule has 1 saturated carbocycles. The first-order valence-electron chi connectivity index (χ1n) is 6.25. The van der Waals surface area contributed by atoms with E-state index < -0.39 is 11.9 Å². The molecule has 2 rings (SSSR count). The van der Waals surface area contributed by atoms with Crippen molar-refractivity contribution in [2.45, 2.75) is 19.3 Å². The van der Waals surface area contributed by atoms with Crippen molar-refractivity contribution in [3.05, 3.63) is 34.3 Å². The lowest BCUT2D eigenvalue weighted by atomic mass is 10.1. The van der Waals surface area contributed by atoms with E-state index in [2.05, 4.69) is 21.2 Å². The fraction of sp³-hybridized carbons (Fsp3) is 0.429. The van der Waals surface area contributed by atoms with Crippen LogP contribution in [0.15, 0.2) is 28.7 Å². The average molecular weight is 326 g/mol. The molecule has 1 fully saturated rings.